The van der Waals surface area contributed by atoms with Crippen LogP contribution in [0, 0.1) is 11.8 Å². The van der Waals surface area contributed by atoms with Crippen molar-refractivity contribution in [3.63, 3.8) is 0 Å². The van der Waals surface area contributed by atoms with E-state index in [9.17, 15) is 4.79 Å². The highest BCUT2D eigenvalue weighted by molar-refractivity contribution is 7.99. The first-order valence-corrected chi connectivity index (χ1v) is 7.46. The molecule has 2 saturated heterocycles. The molecule has 0 aromatic carbocycles. The van der Waals surface area contributed by atoms with Gasteiger partial charge in [-0.05, 0) is 50.2 Å². The van der Waals surface area contributed by atoms with Crippen molar-refractivity contribution in [2.75, 3.05) is 24.6 Å². The predicted octanol–water partition coefficient (Wildman–Crippen LogP) is 1.33. The summed E-state index contributed by atoms with van der Waals surface area (Å²) in [5, 5.41) is 0. The van der Waals surface area contributed by atoms with Gasteiger partial charge in [-0.3, -0.25) is 4.79 Å². The molecular weight excluding hydrogens is 220 g/mol. The maximum Gasteiger partial charge on any atom is 0.225 e. The fraction of sp³-hybridized carbons (Fsp3) is 0.917. The van der Waals surface area contributed by atoms with E-state index in [0.29, 0.717) is 30.3 Å². The Bertz CT molecular complexity index is 253. The molecule has 2 atom stereocenters. The van der Waals surface area contributed by atoms with Gasteiger partial charge >= 0.3 is 0 Å². The summed E-state index contributed by atoms with van der Waals surface area (Å²) in [7, 11) is 0. The summed E-state index contributed by atoms with van der Waals surface area (Å²) in [4.78, 5) is 14.4. The molecule has 2 unspecified atom stereocenters. The second kappa shape index (κ2) is 5.41. The van der Waals surface area contributed by atoms with E-state index in [1.807, 2.05) is 11.8 Å². The van der Waals surface area contributed by atoms with Gasteiger partial charge in [0.15, 0.2) is 0 Å². The lowest BCUT2D eigenvalue weighted by Crippen LogP contribution is -2.40. The summed E-state index contributed by atoms with van der Waals surface area (Å²) in [6.45, 7) is 3.76. The Morgan fingerprint density at radius 3 is 2.69 bits per heavy atom. The topological polar surface area (TPSA) is 46.3 Å². The maximum absolute atomic E-state index is 12.3. The molecule has 0 spiro atoms. The molecule has 2 aliphatic heterocycles. The lowest BCUT2D eigenvalue weighted by atomic mass is 10.0. The molecule has 2 fully saturated rings. The minimum atomic E-state index is 0.292. The minimum Gasteiger partial charge on any atom is -0.339 e. The van der Waals surface area contributed by atoms with Crippen LogP contribution in [0.3, 0.4) is 0 Å². The fourth-order valence-corrected chi connectivity index (χ4v) is 3.91. The summed E-state index contributed by atoms with van der Waals surface area (Å²) in [6, 6.07) is 0.399. The second-order valence-corrected chi connectivity index (χ2v) is 6.29. The number of amides is 1. The minimum absolute atomic E-state index is 0.292. The lowest BCUT2D eigenvalue weighted by Gasteiger charge is -2.29. The number of nitrogens with two attached hydrogens (primary N) is 1. The zero-order chi connectivity index (χ0) is 11.5. The zero-order valence-corrected chi connectivity index (χ0v) is 10.8. The van der Waals surface area contributed by atoms with Crippen molar-refractivity contribution in [3.05, 3.63) is 0 Å². The number of thioether (sulfide) groups is 1. The van der Waals surface area contributed by atoms with E-state index in [2.05, 4.69) is 11.8 Å². The maximum atomic E-state index is 12.3. The first-order valence-electron chi connectivity index (χ1n) is 6.30. The Labute approximate surface area is 102 Å². The van der Waals surface area contributed by atoms with Crippen LogP contribution < -0.4 is 5.73 Å². The third kappa shape index (κ3) is 2.54. The Morgan fingerprint density at radius 1 is 1.44 bits per heavy atom. The molecule has 0 saturated carbocycles. The van der Waals surface area contributed by atoms with Crippen LogP contribution in [0.15, 0.2) is 0 Å². The Balaban J connectivity index is 1.93. The van der Waals surface area contributed by atoms with E-state index in [4.69, 9.17) is 5.73 Å². The van der Waals surface area contributed by atoms with Crippen molar-refractivity contribution in [3.8, 4) is 0 Å². The molecule has 0 aromatic heterocycles. The number of rotatable bonds is 2. The number of carbonyl (C=O) groups is 1. The molecule has 2 heterocycles. The Kier molecular flexibility index (Phi) is 4.14. The van der Waals surface area contributed by atoms with Gasteiger partial charge in [-0.25, -0.2) is 0 Å². The number of carbonyl (C=O) groups excluding carboxylic acids is 1. The third-order valence-corrected chi connectivity index (χ3v) is 4.90. The van der Waals surface area contributed by atoms with Crippen LogP contribution >= 0.6 is 11.8 Å². The molecule has 4 heteroatoms. The van der Waals surface area contributed by atoms with E-state index < -0.39 is 0 Å². The summed E-state index contributed by atoms with van der Waals surface area (Å²) in [5.74, 6) is 3.51. The molecule has 2 aliphatic rings. The highest BCUT2D eigenvalue weighted by atomic mass is 32.2. The smallest absolute Gasteiger partial charge is 0.225 e. The molecule has 16 heavy (non-hydrogen) atoms. The van der Waals surface area contributed by atoms with Crippen molar-refractivity contribution in [1.82, 2.24) is 4.90 Å². The van der Waals surface area contributed by atoms with Crippen LogP contribution in [0.2, 0.25) is 0 Å². The van der Waals surface area contributed by atoms with Gasteiger partial charge in [0.2, 0.25) is 5.91 Å². The number of nitrogens with zero attached hydrogens (tertiary/aromatic N) is 1. The summed E-state index contributed by atoms with van der Waals surface area (Å²) >= 11 is 1.97. The number of likely N-dealkylation sites (tertiary alicyclic amines) is 1. The molecule has 0 radical (unpaired) electrons. The van der Waals surface area contributed by atoms with Gasteiger partial charge in [0.25, 0.3) is 0 Å². The van der Waals surface area contributed by atoms with Crippen LogP contribution in [0.4, 0.5) is 0 Å². The fourth-order valence-electron chi connectivity index (χ4n) is 2.80. The van der Waals surface area contributed by atoms with Crippen molar-refractivity contribution < 1.29 is 4.79 Å². The standard InChI is InChI=1S/C12H22N2OS/c1-9-6-10(7-13)8-14(9)12(15)11-2-4-16-5-3-11/h9-11H,2-8,13H2,1H3. The van der Waals surface area contributed by atoms with E-state index in [-0.39, 0.29) is 0 Å². The molecule has 0 aliphatic carbocycles. The van der Waals surface area contributed by atoms with Crippen LogP contribution in [0.25, 0.3) is 0 Å². The molecule has 0 bridgehead atoms. The van der Waals surface area contributed by atoms with Crippen LogP contribution in [0.5, 0.6) is 0 Å². The molecule has 3 nitrogen and oxygen atoms in total. The summed E-state index contributed by atoms with van der Waals surface area (Å²) in [5.41, 5.74) is 5.70. The lowest BCUT2D eigenvalue weighted by molar-refractivity contribution is -0.136. The SMILES string of the molecule is CC1CC(CN)CN1C(=O)C1CCSCC1. The molecule has 1 amide bonds. The van der Waals surface area contributed by atoms with E-state index >= 15 is 0 Å². The van der Waals surface area contributed by atoms with Crippen molar-refractivity contribution >= 4 is 17.7 Å². The van der Waals surface area contributed by atoms with Gasteiger partial charge in [0.05, 0.1) is 0 Å². The highest BCUT2D eigenvalue weighted by Crippen LogP contribution is 2.29. The van der Waals surface area contributed by atoms with Crippen LogP contribution in [-0.4, -0.2) is 41.4 Å². The number of hydrogen-bond acceptors (Lipinski definition) is 3. The van der Waals surface area contributed by atoms with Gasteiger partial charge < -0.3 is 10.6 Å². The quantitative estimate of drug-likeness (QED) is 0.794. The van der Waals surface area contributed by atoms with Crippen LogP contribution in [-0.2, 0) is 4.79 Å². The zero-order valence-electron chi connectivity index (χ0n) is 10.0. The highest BCUT2D eigenvalue weighted by Gasteiger charge is 2.35. The molecule has 0 aromatic rings. The van der Waals surface area contributed by atoms with E-state index in [1.54, 1.807) is 0 Å². The second-order valence-electron chi connectivity index (χ2n) is 5.06. The molecule has 2 rings (SSSR count). The first kappa shape index (κ1) is 12.2. The van der Waals surface area contributed by atoms with Crippen molar-refractivity contribution in [1.29, 1.82) is 0 Å². The van der Waals surface area contributed by atoms with Gasteiger partial charge in [-0.15, -0.1) is 0 Å². The molecule has 92 valence electrons. The average molecular weight is 242 g/mol. The summed E-state index contributed by atoms with van der Waals surface area (Å²) in [6.07, 6.45) is 3.23. The monoisotopic (exact) mass is 242 g/mol. The van der Waals surface area contributed by atoms with Crippen molar-refractivity contribution in [2.24, 2.45) is 17.6 Å². The molecular formula is C12H22N2OS. The van der Waals surface area contributed by atoms with Gasteiger partial charge in [0, 0.05) is 18.5 Å². The van der Waals surface area contributed by atoms with Crippen LogP contribution in [0.1, 0.15) is 26.2 Å². The van der Waals surface area contributed by atoms with Gasteiger partial charge in [-0.1, -0.05) is 0 Å². The number of hydrogen-bond donors (Lipinski definition) is 1. The van der Waals surface area contributed by atoms with E-state index in [0.717, 1.165) is 37.3 Å². The Hall–Kier alpha value is -0.220. The molecule has 2 N–H and O–H groups in total. The predicted molar refractivity (Wildman–Crippen MR) is 68.4 cm³/mol. The van der Waals surface area contributed by atoms with Crippen molar-refractivity contribution in [2.45, 2.75) is 32.2 Å². The third-order valence-electron chi connectivity index (χ3n) is 3.85. The van der Waals surface area contributed by atoms with E-state index in [1.165, 1.54) is 0 Å². The average Bonchev–Trinajstić information content (AvgIpc) is 2.71. The largest absolute Gasteiger partial charge is 0.339 e. The normalized spacial score (nSPS) is 32.0. The Morgan fingerprint density at radius 2 is 2.12 bits per heavy atom. The summed E-state index contributed by atoms with van der Waals surface area (Å²) < 4.78 is 0. The van der Waals surface area contributed by atoms with Gasteiger partial charge in [0.1, 0.15) is 0 Å². The van der Waals surface area contributed by atoms with Gasteiger partial charge in [-0.2, -0.15) is 11.8 Å². The first-order chi connectivity index (χ1) is 7.72.